The SMILES string of the molecule is N.O=S(=O)(O)O.[Fe].[Mo]. The summed E-state index contributed by atoms with van der Waals surface area (Å²) >= 11 is 0. The quantitative estimate of drug-likeness (QED) is 0.405. The smallest absolute Gasteiger partial charge is 0.344 e. The third kappa shape index (κ3) is 238. The summed E-state index contributed by atoms with van der Waals surface area (Å²) in [5.74, 6) is 0. The van der Waals surface area contributed by atoms with Gasteiger partial charge in [0.15, 0.2) is 0 Å². The van der Waals surface area contributed by atoms with Crippen LogP contribution in [0, 0.1) is 0 Å². The van der Waals surface area contributed by atoms with Crippen LogP contribution in [0.4, 0.5) is 0 Å². The minimum atomic E-state index is -4.67. The molecule has 0 aliphatic rings. The van der Waals surface area contributed by atoms with Gasteiger partial charge in [0.2, 0.25) is 0 Å². The Kier molecular flexibility index (Phi) is 23.1. The van der Waals surface area contributed by atoms with Crippen molar-refractivity contribution in [3.05, 3.63) is 0 Å². The third-order valence-electron chi connectivity index (χ3n) is 0. The van der Waals surface area contributed by atoms with E-state index in [0.29, 0.717) is 0 Å². The predicted molar refractivity (Wildman–Crippen MR) is 19.2 cm³/mol. The molecule has 0 bridgehead atoms. The average molecular weight is 267 g/mol. The Bertz CT molecular complexity index is 99.2. The van der Waals surface area contributed by atoms with Crippen LogP contribution in [-0.2, 0) is 48.5 Å². The van der Waals surface area contributed by atoms with Crippen LogP contribution < -0.4 is 6.15 Å². The number of hydrogen-bond acceptors (Lipinski definition) is 3. The van der Waals surface area contributed by atoms with Crippen LogP contribution in [0.3, 0.4) is 0 Å². The van der Waals surface area contributed by atoms with Crippen molar-refractivity contribution in [1.82, 2.24) is 6.15 Å². The zero-order chi connectivity index (χ0) is 4.50. The van der Waals surface area contributed by atoms with E-state index < -0.39 is 10.4 Å². The van der Waals surface area contributed by atoms with E-state index in [-0.39, 0.29) is 44.3 Å². The fourth-order valence-electron chi connectivity index (χ4n) is 0. The zero-order valence-corrected chi connectivity index (χ0v) is 7.52. The molecule has 54 valence electrons. The molecule has 5 N–H and O–H groups in total. The van der Waals surface area contributed by atoms with E-state index in [1.165, 1.54) is 0 Å². The Hall–Kier alpha value is 1.04. The summed E-state index contributed by atoms with van der Waals surface area (Å²) in [5, 5.41) is 0. The fraction of sp³-hybridized carbons (Fsp3) is 0. The van der Waals surface area contributed by atoms with E-state index in [2.05, 4.69) is 0 Å². The molecule has 5 nitrogen and oxygen atoms in total. The average Bonchev–Trinajstić information content (AvgIpc) is 0.722. The molecule has 0 aliphatic carbocycles. The van der Waals surface area contributed by atoms with Gasteiger partial charge in [0.05, 0.1) is 0 Å². The number of hydrogen-bond donors (Lipinski definition) is 3. The first kappa shape index (κ1) is 23.0. The van der Waals surface area contributed by atoms with Crippen molar-refractivity contribution in [3.8, 4) is 0 Å². The summed E-state index contributed by atoms with van der Waals surface area (Å²) in [7, 11) is -4.67. The molecular formula is H5FeMoNO4S. The standard InChI is InChI=1S/Fe.Mo.H3N.H2O4S/c;;;1-5(2,3)4/h;;1H3;(H2,1,2,3,4). The summed E-state index contributed by atoms with van der Waals surface area (Å²) in [4.78, 5) is 0. The molecule has 0 fully saturated rings. The molecule has 0 unspecified atom stereocenters. The fourth-order valence-corrected chi connectivity index (χ4v) is 0. The summed E-state index contributed by atoms with van der Waals surface area (Å²) in [6.07, 6.45) is 0. The molecule has 0 saturated heterocycles. The molecule has 0 aliphatic heterocycles. The molecule has 0 heterocycles. The third-order valence-corrected chi connectivity index (χ3v) is 0. The van der Waals surface area contributed by atoms with Crippen LogP contribution >= 0.6 is 0 Å². The molecule has 0 amide bonds. The molecule has 8 heteroatoms. The van der Waals surface area contributed by atoms with E-state index in [1.54, 1.807) is 0 Å². The topological polar surface area (TPSA) is 110 Å². The maximum Gasteiger partial charge on any atom is 0.394 e. The van der Waals surface area contributed by atoms with Crippen LogP contribution in [0.2, 0.25) is 0 Å². The van der Waals surface area contributed by atoms with E-state index in [1.807, 2.05) is 0 Å². The minimum absolute atomic E-state index is 0. The molecule has 0 aromatic carbocycles. The second-order valence-electron chi connectivity index (χ2n) is 0.448. The van der Waals surface area contributed by atoms with E-state index in [9.17, 15) is 0 Å². The van der Waals surface area contributed by atoms with E-state index >= 15 is 0 Å². The van der Waals surface area contributed by atoms with Crippen molar-refractivity contribution < 1.29 is 55.7 Å². The Morgan fingerprint density at radius 2 is 1.12 bits per heavy atom. The van der Waals surface area contributed by atoms with Gasteiger partial charge in [0, 0.05) is 38.1 Å². The maximum absolute atomic E-state index is 8.74. The summed E-state index contributed by atoms with van der Waals surface area (Å²) in [5.41, 5.74) is 0. The zero-order valence-electron chi connectivity index (χ0n) is 3.59. The number of rotatable bonds is 0. The van der Waals surface area contributed by atoms with Crippen molar-refractivity contribution in [3.63, 3.8) is 0 Å². The van der Waals surface area contributed by atoms with Crippen molar-refractivity contribution in [2.45, 2.75) is 0 Å². The molecule has 0 rings (SSSR count). The molecule has 0 saturated carbocycles. The van der Waals surface area contributed by atoms with Crippen LogP contribution in [-0.4, -0.2) is 17.5 Å². The van der Waals surface area contributed by atoms with Gasteiger partial charge in [-0.2, -0.15) is 8.42 Å². The van der Waals surface area contributed by atoms with Gasteiger partial charge in [0.25, 0.3) is 0 Å². The van der Waals surface area contributed by atoms with Gasteiger partial charge in [-0.25, -0.2) is 0 Å². The predicted octanol–water partition coefficient (Wildman–Crippen LogP) is -0.496. The van der Waals surface area contributed by atoms with Gasteiger partial charge in [0.1, 0.15) is 0 Å². The first-order chi connectivity index (χ1) is 2.00. The monoisotopic (exact) mass is 269 g/mol. The van der Waals surface area contributed by atoms with Gasteiger partial charge in [-0.3, -0.25) is 9.11 Å². The second kappa shape index (κ2) is 8.04. The minimum Gasteiger partial charge on any atom is -0.344 e. The molecular weight excluding hydrogens is 262 g/mol. The first-order valence-corrected chi connectivity index (χ1v) is 2.10. The molecule has 0 atom stereocenters. The van der Waals surface area contributed by atoms with Gasteiger partial charge < -0.3 is 6.15 Å². The van der Waals surface area contributed by atoms with Crippen LogP contribution in [0.5, 0.6) is 0 Å². The van der Waals surface area contributed by atoms with Gasteiger partial charge >= 0.3 is 10.4 Å². The van der Waals surface area contributed by atoms with Gasteiger partial charge in [-0.05, 0) is 0 Å². The summed E-state index contributed by atoms with van der Waals surface area (Å²) in [6, 6.07) is 0. The summed E-state index contributed by atoms with van der Waals surface area (Å²) in [6.45, 7) is 0. The second-order valence-corrected chi connectivity index (χ2v) is 1.34. The largest absolute Gasteiger partial charge is 0.394 e. The Morgan fingerprint density at radius 3 is 1.12 bits per heavy atom. The van der Waals surface area contributed by atoms with E-state index in [0.717, 1.165) is 0 Å². The van der Waals surface area contributed by atoms with E-state index in [4.69, 9.17) is 17.5 Å². The van der Waals surface area contributed by atoms with Crippen molar-refractivity contribution in [2.75, 3.05) is 0 Å². The van der Waals surface area contributed by atoms with Crippen LogP contribution in [0.25, 0.3) is 0 Å². The van der Waals surface area contributed by atoms with Gasteiger partial charge in [-0.15, -0.1) is 0 Å². The van der Waals surface area contributed by atoms with Crippen LogP contribution in [0.1, 0.15) is 0 Å². The van der Waals surface area contributed by atoms with Crippen LogP contribution in [0.15, 0.2) is 0 Å². The Labute approximate surface area is 72.1 Å². The molecule has 0 aromatic heterocycles. The normalized spacial score (nSPS) is 7.25. The van der Waals surface area contributed by atoms with Crippen molar-refractivity contribution >= 4 is 10.4 Å². The maximum atomic E-state index is 8.74. The summed E-state index contributed by atoms with van der Waals surface area (Å²) < 4.78 is 31.6. The Morgan fingerprint density at radius 1 is 1.12 bits per heavy atom. The molecule has 0 radical (unpaired) electrons. The first-order valence-electron chi connectivity index (χ1n) is 0.698. The molecule has 0 aromatic rings. The molecule has 0 spiro atoms. The Balaban J connectivity index is -0.0000000267. The van der Waals surface area contributed by atoms with Crippen molar-refractivity contribution in [2.24, 2.45) is 0 Å². The van der Waals surface area contributed by atoms with Crippen molar-refractivity contribution in [1.29, 1.82) is 0 Å². The van der Waals surface area contributed by atoms with Gasteiger partial charge in [-0.1, -0.05) is 0 Å². The molecule has 8 heavy (non-hydrogen) atoms.